The lowest BCUT2D eigenvalue weighted by Gasteiger charge is -2.18. The Morgan fingerprint density at radius 3 is 2.81 bits per heavy atom. The van der Waals surface area contributed by atoms with Crippen LogP contribution in [0.5, 0.6) is 0 Å². The van der Waals surface area contributed by atoms with Crippen LogP contribution in [0.3, 0.4) is 0 Å². The van der Waals surface area contributed by atoms with E-state index in [1.807, 2.05) is 61.8 Å². The molecule has 106 valence electrons. The monoisotopic (exact) mass is 342 g/mol. The first-order chi connectivity index (χ1) is 10.1. The van der Waals surface area contributed by atoms with Crippen LogP contribution in [0.2, 0.25) is 0 Å². The minimum atomic E-state index is 0.0279. The van der Waals surface area contributed by atoms with Crippen LogP contribution in [0.25, 0.3) is 10.9 Å². The molecule has 3 aromatic rings. The Morgan fingerprint density at radius 2 is 2.00 bits per heavy atom. The molecule has 4 heteroatoms. The molecular formula is C17H15BrN2O. The molecule has 1 N–H and O–H groups in total. The zero-order chi connectivity index (χ0) is 14.8. The van der Waals surface area contributed by atoms with Crippen molar-refractivity contribution >= 4 is 32.7 Å². The second-order valence-electron chi connectivity index (χ2n) is 5.04. The van der Waals surface area contributed by atoms with E-state index in [-0.39, 0.29) is 5.91 Å². The van der Waals surface area contributed by atoms with Crippen molar-refractivity contribution in [2.24, 2.45) is 0 Å². The van der Waals surface area contributed by atoms with Crippen LogP contribution in [0, 0.1) is 0 Å². The zero-order valence-electron chi connectivity index (χ0n) is 11.6. The first-order valence-corrected chi connectivity index (χ1v) is 7.50. The number of nitrogens with one attached hydrogen (secondary N) is 1. The molecule has 0 saturated carbocycles. The molecule has 3 rings (SSSR count). The Balaban J connectivity index is 1.86. The van der Waals surface area contributed by atoms with Gasteiger partial charge in [0.25, 0.3) is 5.91 Å². The number of nitrogens with zero attached hydrogens (tertiary/aromatic N) is 1. The smallest absolute Gasteiger partial charge is 0.254 e. The van der Waals surface area contributed by atoms with Gasteiger partial charge in [-0.3, -0.25) is 4.79 Å². The Labute approximate surface area is 131 Å². The Morgan fingerprint density at radius 1 is 1.19 bits per heavy atom. The lowest BCUT2D eigenvalue weighted by Crippen LogP contribution is -2.26. The number of amides is 1. The van der Waals surface area contributed by atoms with Crippen LogP contribution in [0.4, 0.5) is 0 Å². The molecule has 3 nitrogen and oxygen atoms in total. The molecular weight excluding hydrogens is 328 g/mol. The average molecular weight is 343 g/mol. The summed E-state index contributed by atoms with van der Waals surface area (Å²) >= 11 is 3.45. The summed E-state index contributed by atoms with van der Waals surface area (Å²) in [6, 6.07) is 15.7. The van der Waals surface area contributed by atoms with Gasteiger partial charge in [-0.15, -0.1) is 0 Å². The van der Waals surface area contributed by atoms with Gasteiger partial charge >= 0.3 is 0 Å². The maximum Gasteiger partial charge on any atom is 0.254 e. The molecule has 0 aliphatic rings. The third kappa shape index (κ3) is 2.85. The fourth-order valence-corrected chi connectivity index (χ4v) is 2.91. The third-order valence-electron chi connectivity index (χ3n) is 3.48. The van der Waals surface area contributed by atoms with E-state index >= 15 is 0 Å². The van der Waals surface area contributed by atoms with Crippen molar-refractivity contribution in [3.8, 4) is 0 Å². The second kappa shape index (κ2) is 5.74. The third-order valence-corrected chi connectivity index (χ3v) is 3.97. The topological polar surface area (TPSA) is 36.1 Å². The zero-order valence-corrected chi connectivity index (χ0v) is 13.2. The number of benzene rings is 2. The Hall–Kier alpha value is -2.07. The summed E-state index contributed by atoms with van der Waals surface area (Å²) in [4.78, 5) is 17.5. The normalized spacial score (nSPS) is 10.8. The van der Waals surface area contributed by atoms with Crippen LogP contribution in [-0.4, -0.2) is 22.8 Å². The number of rotatable bonds is 3. The molecule has 21 heavy (non-hydrogen) atoms. The van der Waals surface area contributed by atoms with Gasteiger partial charge in [-0.25, -0.2) is 0 Å². The molecule has 0 saturated heterocycles. The maximum absolute atomic E-state index is 12.6. The van der Waals surface area contributed by atoms with Gasteiger partial charge in [-0.05, 0) is 35.9 Å². The van der Waals surface area contributed by atoms with Crippen molar-refractivity contribution in [3.05, 3.63) is 70.3 Å². The van der Waals surface area contributed by atoms with Gasteiger partial charge in [0.15, 0.2) is 0 Å². The van der Waals surface area contributed by atoms with Gasteiger partial charge in [0.05, 0.1) is 0 Å². The molecule has 0 spiro atoms. The summed E-state index contributed by atoms with van der Waals surface area (Å²) in [6.45, 7) is 0.582. The van der Waals surface area contributed by atoms with Gasteiger partial charge in [0.2, 0.25) is 0 Å². The number of halogens is 1. The summed E-state index contributed by atoms with van der Waals surface area (Å²) in [5.74, 6) is 0.0279. The van der Waals surface area contributed by atoms with Gasteiger partial charge in [0.1, 0.15) is 0 Å². The number of aromatic nitrogens is 1. The summed E-state index contributed by atoms with van der Waals surface area (Å²) in [5.41, 5.74) is 2.81. The lowest BCUT2D eigenvalue weighted by molar-refractivity contribution is 0.0787. The van der Waals surface area contributed by atoms with Gasteiger partial charge < -0.3 is 9.88 Å². The number of hydrogen-bond acceptors (Lipinski definition) is 1. The largest absolute Gasteiger partial charge is 0.361 e. The van der Waals surface area contributed by atoms with Crippen LogP contribution >= 0.6 is 15.9 Å². The van der Waals surface area contributed by atoms with Crippen LogP contribution in [0.1, 0.15) is 15.9 Å². The van der Waals surface area contributed by atoms with E-state index in [0.29, 0.717) is 6.54 Å². The van der Waals surface area contributed by atoms with Gasteiger partial charge in [-0.2, -0.15) is 0 Å². The second-order valence-corrected chi connectivity index (χ2v) is 5.95. The Kier molecular flexibility index (Phi) is 3.80. The van der Waals surface area contributed by atoms with E-state index in [1.54, 1.807) is 4.90 Å². The minimum Gasteiger partial charge on any atom is -0.361 e. The van der Waals surface area contributed by atoms with E-state index < -0.39 is 0 Å². The molecule has 0 aliphatic heterocycles. The van der Waals surface area contributed by atoms with Crippen molar-refractivity contribution in [2.45, 2.75) is 6.54 Å². The molecule has 1 aromatic heterocycles. The SMILES string of the molecule is CN(Cc1cccc(Br)c1)C(=O)c1cccc2[nH]ccc12. The van der Waals surface area contributed by atoms with Crippen molar-refractivity contribution < 1.29 is 4.79 Å². The molecule has 0 bridgehead atoms. The summed E-state index contributed by atoms with van der Waals surface area (Å²) < 4.78 is 1.02. The molecule has 0 aliphatic carbocycles. The van der Waals surface area contributed by atoms with E-state index in [1.165, 1.54) is 0 Å². The molecule has 0 radical (unpaired) electrons. The highest BCUT2D eigenvalue weighted by atomic mass is 79.9. The molecule has 0 unspecified atom stereocenters. The van der Waals surface area contributed by atoms with Crippen molar-refractivity contribution in [1.82, 2.24) is 9.88 Å². The first-order valence-electron chi connectivity index (χ1n) is 6.71. The summed E-state index contributed by atoms with van der Waals surface area (Å²) in [5, 5.41) is 0.962. The van der Waals surface area contributed by atoms with Crippen molar-refractivity contribution in [1.29, 1.82) is 0 Å². The van der Waals surface area contributed by atoms with Crippen LogP contribution < -0.4 is 0 Å². The number of hydrogen-bond donors (Lipinski definition) is 1. The predicted molar refractivity (Wildman–Crippen MR) is 88.2 cm³/mol. The van der Waals surface area contributed by atoms with E-state index in [4.69, 9.17) is 0 Å². The molecule has 1 amide bonds. The first kappa shape index (κ1) is 13.9. The number of H-pyrrole nitrogens is 1. The van der Waals surface area contributed by atoms with Gasteiger partial charge in [0, 0.05) is 40.7 Å². The highest BCUT2D eigenvalue weighted by molar-refractivity contribution is 9.10. The molecule has 0 fully saturated rings. The molecule has 2 aromatic carbocycles. The van der Waals surface area contributed by atoms with E-state index in [0.717, 1.165) is 26.5 Å². The Bertz CT molecular complexity index is 794. The summed E-state index contributed by atoms with van der Waals surface area (Å²) in [7, 11) is 1.83. The number of carbonyl (C=O) groups excluding carboxylic acids is 1. The van der Waals surface area contributed by atoms with Crippen molar-refractivity contribution in [2.75, 3.05) is 7.05 Å². The standard InChI is InChI=1S/C17H15BrN2O/c1-20(11-12-4-2-5-13(18)10-12)17(21)15-6-3-7-16-14(15)8-9-19-16/h2-10,19H,11H2,1H3. The minimum absolute atomic E-state index is 0.0279. The van der Waals surface area contributed by atoms with Gasteiger partial charge in [-0.1, -0.05) is 34.1 Å². The van der Waals surface area contributed by atoms with E-state index in [2.05, 4.69) is 20.9 Å². The quantitative estimate of drug-likeness (QED) is 0.760. The number of carbonyl (C=O) groups is 1. The number of aromatic amines is 1. The molecule has 1 heterocycles. The molecule has 0 atom stereocenters. The van der Waals surface area contributed by atoms with E-state index in [9.17, 15) is 4.79 Å². The maximum atomic E-state index is 12.6. The number of fused-ring (bicyclic) bond motifs is 1. The van der Waals surface area contributed by atoms with Crippen LogP contribution in [0.15, 0.2) is 59.2 Å². The van der Waals surface area contributed by atoms with Crippen molar-refractivity contribution in [3.63, 3.8) is 0 Å². The van der Waals surface area contributed by atoms with Crippen LogP contribution in [-0.2, 0) is 6.54 Å². The predicted octanol–water partition coefficient (Wildman–Crippen LogP) is 4.20. The lowest BCUT2D eigenvalue weighted by atomic mass is 10.1. The highest BCUT2D eigenvalue weighted by Crippen LogP contribution is 2.20. The average Bonchev–Trinajstić information content (AvgIpc) is 2.94. The summed E-state index contributed by atoms with van der Waals surface area (Å²) in [6.07, 6.45) is 1.86. The fraction of sp³-hybridized carbons (Fsp3) is 0.118. The highest BCUT2D eigenvalue weighted by Gasteiger charge is 2.15. The fourth-order valence-electron chi connectivity index (χ4n) is 2.46.